The first-order chi connectivity index (χ1) is 10.4. The molecule has 0 aromatic carbocycles. The Morgan fingerprint density at radius 2 is 2.23 bits per heavy atom. The molecule has 116 valence electrons. The zero-order valence-electron chi connectivity index (χ0n) is 13.0. The second-order valence-electron chi connectivity index (χ2n) is 6.54. The fraction of sp³-hybridized carbons (Fsp3) is 0.438. The van der Waals surface area contributed by atoms with Crippen LogP contribution in [0.2, 0.25) is 0 Å². The number of carbonyl (C=O) groups is 1. The Morgan fingerprint density at radius 3 is 2.82 bits per heavy atom. The van der Waals surface area contributed by atoms with E-state index in [1.54, 1.807) is 18.5 Å². The third kappa shape index (κ3) is 2.45. The molecule has 0 spiro atoms. The van der Waals surface area contributed by atoms with E-state index in [9.17, 15) is 9.90 Å². The largest absolute Gasteiger partial charge is 0.506 e. The maximum absolute atomic E-state index is 12.6. The van der Waals surface area contributed by atoms with E-state index in [-0.39, 0.29) is 29.5 Å². The number of aromatic hydroxyl groups is 1. The maximum atomic E-state index is 12.6. The van der Waals surface area contributed by atoms with Crippen LogP contribution in [0, 0.1) is 5.41 Å². The summed E-state index contributed by atoms with van der Waals surface area (Å²) in [5, 5.41) is 9.46. The third-order valence-corrected chi connectivity index (χ3v) is 4.19. The van der Waals surface area contributed by atoms with Crippen LogP contribution in [0.3, 0.4) is 0 Å². The summed E-state index contributed by atoms with van der Waals surface area (Å²) in [6.07, 6.45) is 6.85. The van der Waals surface area contributed by atoms with Crippen LogP contribution < -0.4 is 0 Å². The van der Waals surface area contributed by atoms with Crippen molar-refractivity contribution < 1.29 is 9.90 Å². The van der Waals surface area contributed by atoms with E-state index in [4.69, 9.17) is 0 Å². The van der Waals surface area contributed by atoms with Gasteiger partial charge in [-0.3, -0.25) is 9.78 Å². The number of aryl methyl sites for hydroxylation is 1. The molecule has 1 N–H and O–H groups in total. The van der Waals surface area contributed by atoms with E-state index >= 15 is 0 Å². The first-order valence-corrected chi connectivity index (χ1v) is 7.28. The van der Waals surface area contributed by atoms with Gasteiger partial charge in [0.15, 0.2) is 0 Å². The minimum Gasteiger partial charge on any atom is -0.506 e. The molecule has 1 aliphatic rings. The third-order valence-electron chi connectivity index (χ3n) is 4.19. The summed E-state index contributed by atoms with van der Waals surface area (Å²) in [5.41, 5.74) is 0.722. The SMILES string of the molecule is Cn1ccnc1C1N(C(=O)Cc2cncc(O)c2)CC1(C)C. The molecule has 2 aromatic heterocycles. The number of aromatic nitrogens is 3. The molecule has 2 aromatic rings. The van der Waals surface area contributed by atoms with Crippen molar-refractivity contribution in [2.24, 2.45) is 12.5 Å². The van der Waals surface area contributed by atoms with Crippen molar-refractivity contribution in [3.8, 4) is 5.75 Å². The number of nitrogens with zero attached hydrogens (tertiary/aromatic N) is 4. The van der Waals surface area contributed by atoms with E-state index in [0.29, 0.717) is 12.1 Å². The Morgan fingerprint density at radius 1 is 1.45 bits per heavy atom. The highest BCUT2D eigenvalue weighted by Crippen LogP contribution is 2.47. The Kier molecular flexibility index (Phi) is 3.39. The van der Waals surface area contributed by atoms with Crippen LogP contribution >= 0.6 is 0 Å². The predicted octanol–water partition coefficient (Wildman–Crippen LogP) is 1.67. The van der Waals surface area contributed by atoms with Gasteiger partial charge >= 0.3 is 0 Å². The molecule has 6 heteroatoms. The average molecular weight is 300 g/mol. The Hall–Kier alpha value is -2.37. The van der Waals surface area contributed by atoms with Crippen molar-refractivity contribution in [2.45, 2.75) is 26.3 Å². The van der Waals surface area contributed by atoms with Crippen molar-refractivity contribution in [2.75, 3.05) is 6.54 Å². The van der Waals surface area contributed by atoms with Crippen molar-refractivity contribution in [3.63, 3.8) is 0 Å². The smallest absolute Gasteiger partial charge is 0.227 e. The number of likely N-dealkylation sites (tertiary alicyclic amines) is 1. The quantitative estimate of drug-likeness (QED) is 0.936. The number of rotatable bonds is 3. The summed E-state index contributed by atoms with van der Waals surface area (Å²) >= 11 is 0. The first kappa shape index (κ1) is 14.6. The maximum Gasteiger partial charge on any atom is 0.227 e. The summed E-state index contributed by atoms with van der Waals surface area (Å²) in [6.45, 7) is 4.99. The molecular weight excluding hydrogens is 280 g/mol. The monoisotopic (exact) mass is 300 g/mol. The first-order valence-electron chi connectivity index (χ1n) is 7.28. The minimum atomic E-state index is -0.0229. The lowest BCUT2D eigenvalue weighted by Gasteiger charge is -2.53. The molecule has 0 saturated carbocycles. The molecule has 0 radical (unpaired) electrons. The Bertz CT molecular complexity index is 708. The second-order valence-corrected chi connectivity index (χ2v) is 6.54. The standard InChI is InChI=1S/C16H20N4O2/c1-16(2)10-20(14(16)15-18-4-5-19(15)3)13(22)7-11-6-12(21)9-17-8-11/h4-6,8-9,14,21H,7,10H2,1-3H3. The molecule has 1 atom stereocenters. The van der Waals surface area contributed by atoms with Gasteiger partial charge < -0.3 is 14.6 Å². The van der Waals surface area contributed by atoms with Crippen LogP contribution in [0.5, 0.6) is 5.75 Å². The van der Waals surface area contributed by atoms with Gasteiger partial charge in [0.25, 0.3) is 0 Å². The number of carbonyl (C=O) groups excluding carboxylic acids is 1. The van der Waals surface area contributed by atoms with Crippen molar-refractivity contribution in [3.05, 3.63) is 42.2 Å². The van der Waals surface area contributed by atoms with E-state index < -0.39 is 0 Å². The van der Waals surface area contributed by atoms with Gasteiger partial charge in [-0.2, -0.15) is 0 Å². The van der Waals surface area contributed by atoms with Gasteiger partial charge in [-0.1, -0.05) is 13.8 Å². The van der Waals surface area contributed by atoms with Crippen molar-refractivity contribution in [1.29, 1.82) is 0 Å². The second kappa shape index (κ2) is 5.12. The van der Waals surface area contributed by atoms with Gasteiger partial charge in [0, 0.05) is 37.6 Å². The molecule has 3 heterocycles. The number of hydrogen-bond acceptors (Lipinski definition) is 4. The normalized spacial score (nSPS) is 19.8. The lowest BCUT2D eigenvalue weighted by molar-refractivity contribution is -0.152. The molecule has 6 nitrogen and oxygen atoms in total. The fourth-order valence-corrected chi connectivity index (χ4v) is 3.13. The lowest BCUT2D eigenvalue weighted by atomic mass is 9.74. The summed E-state index contributed by atoms with van der Waals surface area (Å²) < 4.78 is 1.96. The molecule has 3 rings (SSSR count). The molecule has 0 aliphatic carbocycles. The molecule has 22 heavy (non-hydrogen) atoms. The average Bonchev–Trinajstić information content (AvgIpc) is 2.82. The Balaban J connectivity index is 1.79. The van der Waals surface area contributed by atoms with Crippen LogP contribution in [0.1, 0.15) is 31.3 Å². The van der Waals surface area contributed by atoms with E-state index in [2.05, 4.69) is 23.8 Å². The molecule has 1 fully saturated rings. The van der Waals surface area contributed by atoms with Crippen molar-refractivity contribution >= 4 is 5.91 Å². The highest BCUT2D eigenvalue weighted by atomic mass is 16.3. The molecule has 1 aliphatic heterocycles. The number of imidazole rings is 1. The molecule has 1 saturated heterocycles. The molecular formula is C16H20N4O2. The highest BCUT2D eigenvalue weighted by Gasteiger charge is 2.50. The summed E-state index contributed by atoms with van der Waals surface area (Å²) in [4.78, 5) is 22.8. The predicted molar refractivity (Wildman–Crippen MR) is 81.0 cm³/mol. The van der Waals surface area contributed by atoms with Crippen LogP contribution in [0.4, 0.5) is 0 Å². The minimum absolute atomic E-state index is 0.00580. The van der Waals surface area contributed by atoms with Gasteiger partial charge in [-0.15, -0.1) is 0 Å². The number of hydrogen-bond donors (Lipinski definition) is 1. The van der Waals surface area contributed by atoms with Gasteiger partial charge in [-0.25, -0.2) is 4.98 Å². The summed E-state index contributed by atoms with van der Waals surface area (Å²) in [7, 11) is 1.94. The van der Waals surface area contributed by atoms with Crippen LogP contribution in [-0.2, 0) is 18.3 Å². The zero-order valence-corrected chi connectivity index (χ0v) is 13.0. The fourth-order valence-electron chi connectivity index (χ4n) is 3.13. The molecule has 1 amide bonds. The molecule has 0 bridgehead atoms. The van der Waals surface area contributed by atoms with E-state index in [1.807, 2.05) is 22.7 Å². The van der Waals surface area contributed by atoms with Crippen LogP contribution in [0.15, 0.2) is 30.9 Å². The van der Waals surface area contributed by atoms with E-state index in [1.165, 1.54) is 6.20 Å². The lowest BCUT2D eigenvalue weighted by Crippen LogP contribution is -2.58. The van der Waals surface area contributed by atoms with Gasteiger partial charge in [0.2, 0.25) is 5.91 Å². The van der Waals surface area contributed by atoms with Crippen LogP contribution in [-0.4, -0.2) is 37.0 Å². The van der Waals surface area contributed by atoms with Crippen LogP contribution in [0.25, 0.3) is 0 Å². The van der Waals surface area contributed by atoms with Gasteiger partial charge in [0.1, 0.15) is 11.6 Å². The number of pyridine rings is 1. The summed E-state index contributed by atoms with van der Waals surface area (Å²) in [6, 6.07) is 1.55. The zero-order chi connectivity index (χ0) is 15.9. The topological polar surface area (TPSA) is 71.2 Å². The summed E-state index contributed by atoms with van der Waals surface area (Å²) in [5.74, 6) is 1.01. The van der Waals surface area contributed by atoms with Gasteiger partial charge in [-0.05, 0) is 11.6 Å². The van der Waals surface area contributed by atoms with E-state index in [0.717, 1.165) is 5.82 Å². The number of amides is 1. The Labute approximate surface area is 129 Å². The van der Waals surface area contributed by atoms with Gasteiger partial charge in [0.05, 0.1) is 18.7 Å². The highest BCUT2D eigenvalue weighted by molar-refractivity contribution is 5.80. The van der Waals surface area contributed by atoms with Crippen molar-refractivity contribution in [1.82, 2.24) is 19.4 Å². The molecule has 1 unspecified atom stereocenters.